The van der Waals surface area contributed by atoms with E-state index in [1.165, 1.54) is 0 Å². The highest BCUT2D eigenvalue weighted by Crippen LogP contribution is 2.72. The van der Waals surface area contributed by atoms with Crippen LogP contribution in [0.15, 0.2) is 0 Å². The third kappa shape index (κ3) is 1.04. The Hall–Kier alpha value is 0.0800. The van der Waals surface area contributed by atoms with Gasteiger partial charge in [0.25, 0.3) is 0 Å². The number of alkyl halides is 1. The molecule has 0 saturated carbocycles. The van der Waals surface area contributed by atoms with Crippen LogP contribution in [0.25, 0.3) is 0 Å². The third-order valence-corrected chi connectivity index (χ3v) is 8.04. The van der Waals surface area contributed by atoms with Crippen molar-refractivity contribution in [1.29, 1.82) is 0 Å². The minimum Gasteiger partial charge on any atom is -0.373 e. The number of halogens is 1. The Labute approximate surface area is 121 Å². The SMILES string of the molecule is CO[C@H]1O[C@@H]2CS(=O)(=O)C[C@@]34O[C@H]5[C@@H](Cl)[C@H]3OC[C@@]24[C@@H]15. The summed E-state index contributed by atoms with van der Waals surface area (Å²) in [7, 11) is -1.67. The summed E-state index contributed by atoms with van der Waals surface area (Å²) in [6.07, 6.45) is -1.51. The normalized spacial score (nSPS) is 64.7. The zero-order valence-corrected chi connectivity index (χ0v) is 12.4. The minimum atomic E-state index is -3.25. The summed E-state index contributed by atoms with van der Waals surface area (Å²) in [4.78, 5) is 0. The summed E-state index contributed by atoms with van der Waals surface area (Å²) in [5.41, 5.74) is -1.26. The van der Waals surface area contributed by atoms with Gasteiger partial charge < -0.3 is 18.9 Å². The molecule has 5 aliphatic heterocycles. The predicted molar refractivity (Wildman–Crippen MR) is 67.2 cm³/mol. The van der Waals surface area contributed by atoms with Gasteiger partial charge in [-0.05, 0) is 0 Å². The smallest absolute Gasteiger partial charge is 0.163 e. The predicted octanol–water partition coefficient (Wildman–Crippen LogP) is -0.454. The summed E-state index contributed by atoms with van der Waals surface area (Å²) in [6.45, 7) is 0.447. The topological polar surface area (TPSA) is 71.1 Å². The first kappa shape index (κ1) is 12.6. The number of sulfone groups is 1. The van der Waals surface area contributed by atoms with Crippen molar-refractivity contribution in [1.82, 2.24) is 0 Å². The maximum absolute atomic E-state index is 12.3. The average Bonchev–Trinajstić information content (AvgIpc) is 2.97. The molecule has 5 heterocycles. The van der Waals surface area contributed by atoms with E-state index in [1.807, 2.05) is 0 Å². The zero-order valence-electron chi connectivity index (χ0n) is 10.8. The van der Waals surface area contributed by atoms with Crippen molar-refractivity contribution in [3.8, 4) is 0 Å². The van der Waals surface area contributed by atoms with Crippen LogP contribution in [-0.4, -0.2) is 69.2 Å². The lowest BCUT2D eigenvalue weighted by atomic mass is 9.59. The molecule has 8 heteroatoms. The number of fused-ring (bicyclic) bond motifs is 2. The van der Waals surface area contributed by atoms with E-state index in [0.29, 0.717) is 6.61 Å². The van der Waals surface area contributed by atoms with E-state index in [0.717, 1.165) is 0 Å². The molecule has 2 spiro atoms. The Morgan fingerprint density at radius 3 is 2.95 bits per heavy atom. The molecule has 0 amide bonds. The lowest BCUT2D eigenvalue weighted by Crippen LogP contribution is -2.65. The van der Waals surface area contributed by atoms with Crippen LogP contribution < -0.4 is 0 Å². The van der Waals surface area contributed by atoms with Gasteiger partial charge in [-0.15, -0.1) is 11.6 Å². The van der Waals surface area contributed by atoms with Crippen molar-refractivity contribution < 1.29 is 27.4 Å². The van der Waals surface area contributed by atoms with Gasteiger partial charge in [-0.2, -0.15) is 0 Å². The van der Waals surface area contributed by atoms with E-state index in [1.54, 1.807) is 7.11 Å². The molecule has 5 aliphatic rings. The highest BCUT2D eigenvalue weighted by atomic mass is 35.5. The molecule has 0 aromatic heterocycles. The zero-order chi connectivity index (χ0) is 13.9. The molecule has 2 bridgehead atoms. The summed E-state index contributed by atoms with van der Waals surface area (Å²) < 4.78 is 47.9. The fraction of sp³-hybridized carbons (Fsp3) is 1.00. The monoisotopic (exact) mass is 322 g/mol. The van der Waals surface area contributed by atoms with Crippen molar-refractivity contribution in [3.05, 3.63) is 0 Å². The Balaban J connectivity index is 1.77. The molecule has 5 fully saturated rings. The van der Waals surface area contributed by atoms with Gasteiger partial charge in [0, 0.05) is 7.11 Å². The summed E-state index contributed by atoms with van der Waals surface area (Å²) >= 11 is 6.46. The maximum atomic E-state index is 12.3. The van der Waals surface area contributed by atoms with Crippen molar-refractivity contribution in [2.45, 2.75) is 35.6 Å². The second kappa shape index (κ2) is 3.36. The lowest BCUT2D eigenvalue weighted by molar-refractivity contribution is -0.155. The molecule has 0 unspecified atom stereocenters. The molecule has 8 atom stereocenters. The quantitative estimate of drug-likeness (QED) is 0.609. The van der Waals surface area contributed by atoms with Gasteiger partial charge in [-0.3, -0.25) is 0 Å². The molecule has 6 nitrogen and oxygen atoms in total. The van der Waals surface area contributed by atoms with E-state index in [2.05, 4.69) is 0 Å². The van der Waals surface area contributed by atoms with Crippen molar-refractivity contribution in [2.24, 2.45) is 11.3 Å². The molecule has 5 rings (SSSR count). The Morgan fingerprint density at radius 2 is 2.20 bits per heavy atom. The van der Waals surface area contributed by atoms with Gasteiger partial charge in [0.2, 0.25) is 0 Å². The van der Waals surface area contributed by atoms with Gasteiger partial charge in [-0.25, -0.2) is 8.42 Å². The average molecular weight is 323 g/mol. The van der Waals surface area contributed by atoms with Gasteiger partial charge >= 0.3 is 0 Å². The molecule has 20 heavy (non-hydrogen) atoms. The summed E-state index contributed by atoms with van der Waals surface area (Å²) in [5.74, 6) is -0.0456. The van der Waals surface area contributed by atoms with Crippen LogP contribution in [0, 0.1) is 11.3 Å². The number of hydrogen-bond donors (Lipinski definition) is 0. The van der Waals surface area contributed by atoms with E-state index in [4.69, 9.17) is 30.5 Å². The van der Waals surface area contributed by atoms with Crippen molar-refractivity contribution in [3.63, 3.8) is 0 Å². The standard InChI is InChI=1S/C12H15ClO6S/c1-16-10-6-8-7(13)9-12(19-8)4-20(14,15)2-5(18-10)11(6,12)3-17-9/h5-10H,2-4H2,1H3/t5-,6-,7-,8-,9-,10+,11+,12-/m1/s1. The number of ether oxygens (including phenoxy) is 4. The fourth-order valence-electron chi connectivity index (χ4n) is 5.30. The Morgan fingerprint density at radius 1 is 1.40 bits per heavy atom. The van der Waals surface area contributed by atoms with Crippen LogP contribution in [-0.2, 0) is 28.8 Å². The number of hydrogen-bond acceptors (Lipinski definition) is 6. The maximum Gasteiger partial charge on any atom is 0.163 e. The molecule has 112 valence electrons. The number of methoxy groups -OCH3 is 1. The van der Waals surface area contributed by atoms with Crippen LogP contribution in [0.1, 0.15) is 0 Å². The number of rotatable bonds is 1. The van der Waals surface area contributed by atoms with E-state index >= 15 is 0 Å². The second-order valence-electron chi connectivity index (χ2n) is 6.50. The van der Waals surface area contributed by atoms with E-state index < -0.39 is 33.2 Å². The molecule has 5 saturated heterocycles. The van der Waals surface area contributed by atoms with Gasteiger partial charge in [0.05, 0.1) is 47.0 Å². The first-order valence-corrected chi connectivity index (χ1v) is 9.03. The van der Waals surface area contributed by atoms with Crippen molar-refractivity contribution >= 4 is 21.4 Å². The molecule has 0 N–H and O–H groups in total. The van der Waals surface area contributed by atoms with Crippen LogP contribution in [0.4, 0.5) is 0 Å². The Kier molecular flexibility index (Phi) is 2.12. The van der Waals surface area contributed by atoms with Gasteiger partial charge in [-0.1, -0.05) is 0 Å². The fourth-order valence-corrected chi connectivity index (χ4v) is 7.89. The summed E-state index contributed by atoms with van der Waals surface area (Å²) in [6, 6.07) is 0. The van der Waals surface area contributed by atoms with Crippen LogP contribution >= 0.6 is 11.6 Å². The van der Waals surface area contributed by atoms with Crippen LogP contribution in [0.3, 0.4) is 0 Å². The molecule has 0 aromatic rings. The van der Waals surface area contributed by atoms with Gasteiger partial charge in [0.15, 0.2) is 16.1 Å². The summed E-state index contributed by atoms with van der Waals surface area (Å²) in [5, 5.41) is -0.344. The molecule has 0 aliphatic carbocycles. The Bertz CT molecular complexity index is 595. The van der Waals surface area contributed by atoms with Crippen molar-refractivity contribution in [2.75, 3.05) is 25.2 Å². The highest BCUT2D eigenvalue weighted by Gasteiger charge is 2.87. The van der Waals surface area contributed by atoms with E-state index in [9.17, 15) is 8.42 Å². The molecule has 0 aromatic carbocycles. The molecule has 0 radical (unpaired) electrons. The first-order chi connectivity index (χ1) is 9.45. The molecular weight excluding hydrogens is 308 g/mol. The van der Waals surface area contributed by atoms with Crippen LogP contribution in [0.2, 0.25) is 0 Å². The molecular formula is C12H15ClO6S. The third-order valence-electron chi connectivity index (χ3n) is 5.89. The second-order valence-corrected chi connectivity index (χ2v) is 9.11. The lowest BCUT2D eigenvalue weighted by Gasteiger charge is -2.46. The minimum absolute atomic E-state index is 0.0167. The highest BCUT2D eigenvalue weighted by molar-refractivity contribution is 7.91. The first-order valence-electron chi connectivity index (χ1n) is 6.77. The van der Waals surface area contributed by atoms with E-state index in [-0.39, 0.29) is 35.0 Å². The van der Waals surface area contributed by atoms with Gasteiger partial charge in [0.1, 0.15) is 11.7 Å². The largest absolute Gasteiger partial charge is 0.373 e. The van der Waals surface area contributed by atoms with Crippen LogP contribution in [0.5, 0.6) is 0 Å².